The third-order valence-electron chi connectivity index (χ3n) is 4.05. The molecule has 1 heterocycles. The van der Waals surface area contributed by atoms with Crippen LogP contribution >= 0.6 is 12.4 Å². The molecule has 0 saturated heterocycles. The Balaban J connectivity index is 0.00000176. The number of carbonyl (C=O) groups excluding carboxylic acids is 1. The standard InChI is InChI=1S/C16H19N3O2.ClH/c1-9-15(10(2)21-19-9)16(20)18-14-5-3-4-11-8-12(17)6-7-13(11)14;/h6-8,14H,3-5,17H2,1-2H3,(H,18,20);1H. The summed E-state index contributed by atoms with van der Waals surface area (Å²) in [6, 6.07) is 5.93. The average Bonchev–Trinajstić information content (AvgIpc) is 2.78. The number of nitrogen functional groups attached to an aromatic ring is 1. The van der Waals surface area contributed by atoms with Crippen molar-refractivity contribution < 1.29 is 9.32 Å². The minimum Gasteiger partial charge on any atom is -0.399 e. The number of hydrogen-bond acceptors (Lipinski definition) is 4. The lowest BCUT2D eigenvalue weighted by Crippen LogP contribution is -2.31. The fraction of sp³-hybridized carbons (Fsp3) is 0.375. The summed E-state index contributed by atoms with van der Waals surface area (Å²) in [5, 5.41) is 6.93. The van der Waals surface area contributed by atoms with Gasteiger partial charge in [0, 0.05) is 5.69 Å². The Bertz CT molecular complexity index is 677. The first kappa shape index (κ1) is 16.4. The van der Waals surface area contributed by atoms with Crippen molar-refractivity contribution >= 4 is 24.0 Å². The minimum atomic E-state index is -0.124. The molecule has 6 heteroatoms. The van der Waals surface area contributed by atoms with E-state index in [1.807, 2.05) is 18.2 Å². The second-order valence-electron chi connectivity index (χ2n) is 5.58. The molecule has 0 aliphatic heterocycles. The molecule has 0 fully saturated rings. The molecule has 2 aromatic rings. The highest BCUT2D eigenvalue weighted by Gasteiger charge is 2.25. The predicted octanol–water partition coefficient (Wildman–Crippen LogP) is 3.10. The van der Waals surface area contributed by atoms with Crippen molar-refractivity contribution in [2.24, 2.45) is 0 Å². The molecule has 5 nitrogen and oxygen atoms in total. The molecule has 0 saturated carbocycles. The van der Waals surface area contributed by atoms with E-state index < -0.39 is 0 Å². The van der Waals surface area contributed by atoms with Crippen LogP contribution in [0, 0.1) is 13.8 Å². The summed E-state index contributed by atoms with van der Waals surface area (Å²) in [6.45, 7) is 3.53. The lowest BCUT2D eigenvalue weighted by atomic mass is 9.87. The molecular weight excluding hydrogens is 302 g/mol. The SMILES string of the molecule is Cc1noc(C)c1C(=O)NC1CCCc2cc(N)ccc21.Cl. The first-order valence-corrected chi connectivity index (χ1v) is 7.18. The number of carbonyl (C=O) groups is 1. The van der Waals surface area contributed by atoms with Crippen molar-refractivity contribution in [2.75, 3.05) is 5.73 Å². The molecule has 3 N–H and O–H groups in total. The Kier molecular flexibility index (Phi) is 4.76. The molecule has 1 aliphatic rings. The van der Waals surface area contributed by atoms with Gasteiger partial charge < -0.3 is 15.6 Å². The van der Waals surface area contributed by atoms with Gasteiger partial charge in [-0.05, 0) is 56.4 Å². The quantitative estimate of drug-likeness (QED) is 0.833. The van der Waals surface area contributed by atoms with Gasteiger partial charge in [-0.15, -0.1) is 12.4 Å². The van der Waals surface area contributed by atoms with Gasteiger partial charge in [-0.25, -0.2) is 0 Å². The van der Waals surface area contributed by atoms with Crippen molar-refractivity contribution in [3.63, 3.8) is 0 Å². The number of fused-ring (bicyclic) bond motifs is 1. The van der Waals surface area contributed by atoms with Crippen molar-refractivity contribution in [2.45, 2.75) is 39.2 Å². The van der Waals surface area contributed by atoms with Crippen LogP contribution in [0.4, 0.5) is 5.69 Å². The van der Waals surface area contributed by atoms with Gasteiger partial charge in [0.2, 0.25) is 0 Å². The van der Waals surface area contributed by atoms with E-state index in [0.717, 1.165) is 30.5 Å². The third kappa shape index (κ3) is 2.95. The smallest absolute Gasteiger partial charge is 0.257 e. The van der Waals surface area contributed by atoms with Crippen LogP contribution in [0.1, 0.15) is 51.8 Å². The van der Waals surface area contributed by atoms with E-state index in [9.17, 15) is 4.79 Å². The van der Waals surface area contributed by atoms with E-state index in [1.165, 1.54) is 5.56 Å². The summed E-state index contributed by atoms with van der Waals surface area (Å²) in [5.74, 6) is 0.430. The van der Waals surface area contributed by atoms with Crippen LogP contribution < -0.4 is 11.1 Å². The maximum Gasteiger partial charge on any atom is 0.257 e. The maximum atomic E-state index is 12.5. The van der Waals surface area contributed by atoms with E-state index in [-0.39, 0.29) is 24.4 Å². The van der Waals surface area contributed by atoms with Crippen molar-refractivity contribution in [3.8, 4) is 0 Å². The highest BCUT2D eigenvalue weighted by atomic mass is 35.5. The summed E-state index contributed by atoms with van der Waals surface area (Å²) >= 11 is 0. The molecule has 0 radical (unpaired) electrons. The van der Waals surface area contributed by atoms with Gasteiger partial charge in [-0.3, -0.25) is 4.79 Å². The van der Waals surface area contributed by atoms with E-state index in [4.69, 9.17) is 10.3 Å². The highest BCUT2D eigenvalue weighted by molar-refractivity contribution is 5.96. The molecule has 1 atom stereocenters. The number of benzene rings is 1. The minimum absolute atomic E-state index is 0. The van der Waals surface area contributed by atoms with Crippen LogP contribution in [0.15, 0.2) is 22.7 Å². The van der Waals surface area contributed by atoms with E-state index in [0.29, 0.717) is 17.0 Å². The van der Waals surface area contributed by atoms with Crippen LogP contribution in [0.3, 0.4) is 0 Å². The molecule has 0 bridgehead atoms. The first-order chi connectivity index (χ1) is 10.1. The monoisotopic (exact) mass is 321 g/mol. The number of anilines is 1. The Morgan fingerprint density at radius 1 is 1.41 bits per heavy atom. The van der Waals surface area contributed by atoms with Gasteiger partial charge in [0.15, 0.2) is 0 Å². The van der Waals surface area contributed by atoms with Gasteiger partial charge in [0.05, 0.1) is 11.7 Å². The fourth-order valence-corrected chi connectivity index (χ4v) is 3.02. The molecule has 1 aromatic heterocycles. The van der Waals surface area contributed by atoms with E-state index in [1.54, 1.807) is 13.8 Å². The van der Waals surface area contributed by atoms with Gasteiger partial charge in [-0.1, -0.05) is 11.2 Å². The van der Waals surface area contributed by atoms with Gasteiger partial charge >= 0.3 is 0 Å². The van der Waals surface area contributed by atoms with Crippen LogP contribution in [0.25, 0.3) is 0 Å². The molecule has 1 unspecified atom stereocenters. The Labute approximate surface area is 135 Å². The highest BCUT2D eigenvalue weighted by Crippen LogP contribution is 2.31. The third-order valence-corrected chi connectivity index (χ3v) is 4.05. The molecule has 1 aliphatic carbocycles. The van der Waals surface area contributed by atoms with Crippen molar-refractivity contribution in [1.29, 1.82) is 0 Å². The zero-order chi connectivity index (χ0) is 15.0. The lowest BCUT2D eigenvalue weighted by molar-refractivity contribution is 0.0930. The second kappa shape index (κ2) is 6.40. The predicted molar refractivity (Wildman–Crippen MR) is 87.2 cm³/mol. The number of halogens is 1. The molecule has 1 amide bonds. The summed E-state index contributed by atoms with van der Waals surface area (Å²) < 4.78 is 5.06. The lowest BCUT2D eigenvalue weighted by Gasteiger charge is -2.26. The summed E-state index contributed by atoms with van der Waals surface area (Å²) in [6.07, 6.45) is 2.99. The molecule has 3 rings (SSSR count). The molecular formula is C16H20ClN3O2. The Hall–Kier alpha value is -2.01. The molecule has 1 aromatic carbocycles. The molecule has 0 spiro atoms. The van der Waals surface area contributed by atoms with Gasteiger partial charge in [0.25, 0.3) is 5.91 Å². The largest absolute Gasteiger partial charge is 0.399 e. The zero-order valence-electron chi connectivity index (χ0n) is 12.7. The first-order valence-electron chi connectivity index (χ1n) is 7.18. The number of aromatic nitrogens is 1. The Morgan fingerprint density at radius 2 is 2.18 bits per heavy atom. The van der Waals surface area contributed by atoms with Gasteiger partial charge in [0.1, 0.15) is 11.3 Å². The normalized spacial score (nSPS) is 16.5. The van der Waals surface area contributed by atoms with E-state index >= 15 is 0 Å². The number of hydrogen-bond donors (Lipinski definition) is 2. The van der Waals surface area contributed by atoms with Crippen LogP contribution in [0.2, 0.25) is 0 Å². The summed E-state index contributed by atoms with van der Waals surface area (Å²) in [7, 11) is 0. The summed E-state index contributed by atoms with van der Waals surface area (Å²) in [4.78, 5) is 12.5. The topological polar surface area (TPSA) is 81.2 Å². The van der Waals surface area contributed by atoms with Crippen molar-refractivity contribution in [3.05, 3.63) is 46.3 Å². The van der Waals surface area contributed by atoms with Crippen LogP contribution in [0.5, 0.6) is 0 Å². The summed E-state index contributed by atoms with van der Waals surface area (Å²) in [5.41, 5.74) is 10.2. The van der Waals surface area contributed by atoms with Gasteiger partial charge in [-0.2, -0.15) is 0 Å². The average molecular weight is 322 g/mol. The number of nitrogens with zero attached hydrogens (tertiary/aromatic N) is 1. The number of rotatable bonds is 2. The molecule has 22 heavy (non-hydrogen) atoms. The molecule has 118 valence electrons. The Morgan fingerprint density at radius 3 is 2.86 bits per heavy atom. The number of amides is 1. The second-order valence-corrected chi connectivity index (χ2v) is 5.58. The zero-order valence-corrected chi connectivity index (χ0v) is 13.5. The van der Waals surface area contributed by atoms with E-state index in [2.05, 4.69) is 10.5 Å². The van der Waals surface area contributed by atoms with Crippen molar-refractivity contribution in [1.82, 2.24) is 10.5 Å². The fourth-order valence-electron chi connectivity index (χ4n) is 3.02. The number of nitrogens with one attached hydrogen (secondary N) is 1. The van der Waals surface area contributed by atoms with Crippen LogP contribution in [-0.2, 0) is 6.42 Å². The number of aryl methyl sites for hydroxylation is 3. The number of nitrogens with two attached hydrogens (primary N) is 1. The van der Waals surface area contributed by atoms with Crippen LogP contribution in [-0.4, -0.2) is 11.1 Å². The maximum absolute atomic E-state index is 12.5.